The van der Waals surface area contributed by atoms with Gasteiger partial charge in [-0.25, -0.2) is 0 Å². The quantitative estimate of drug-likeness (QED) is 0.524. The van der Waals surface area contributed by atoms with Crippen molar-refractivity contribution < 1.29 is 29.3 Å². The van der Waals surface area contributed by atoms with Gasteiger partial charge in [0.1, 0.15) is 5.78 Å². The maximum Gasteiger partial charge on any atom is 0.309 e. The van der Waals surface area contributed by atoms with Crippen LogP contribution in [0.5, 0.6) is 0 Å². The van der Waals surface area contributed by atoms with Crippen LogP contribution >= 0.6 is 0 Å². The fourth-order valence-corrected chi connectivity index (χ4v) is 3.25. The number of ketones is 2. The summed E-state index contributed by atoms with van der Waals surface area (Å²) in [5, 5.41) is 21.1. The summed E-state index contributed by atoms with van der Waals surface area (Å²) < 4.78 is 5.25. The number of aliphatic hydroxyl groups is 2. The molecule has 0 aliphatic carbocycles. The zero-order chi connectivity index (χ0) is 21.6. The van der Waals surface area contributed by atoms with Gasteiger partial charge >= 0.3 is 5.97 Å². The first-order valence-electron chi connectivity index (χ1n) is 9.80. The van der Waals surface area contributed by atoms with Crippen LogP contribution < -0.4 is 0 Å². The van der Waals surface area contributed by atoms with Gasteiger partial charge < -0.3 is 14.9 Å². The molecule has 1 rings (SSSR count). The second-order valence-corrected chi connectivity index (χ2v) is 8.45. The van der Waals surface area contributed by atoms with E-state index in [1.165, 1.54) is 6.92 Å². The molecule has 1 heterocycles. The van der Waals surface area contributed by atoms with Gasteiger partial charge in [-0.05, 0) is 20.3 Å². The van der Waals surface area contributed by atoms with Gasteiger partial charge in [-0.15, -0.1) is 0 Å². The van der Waals surface area contributed by atoms with Crippen molar-refractivity contribution in [2.24, 2.45) is 17.3 Å². The number of aliphatic hydroxyl groups excluding tert-OH is 2. The Morgan fingerprint density at radius 2 is 1.82 bits per heavy atom. The van der Waals surface area contributed by atoms with E-state index >= 15 is 0 Å². The van der Waals surface area contributed by atoms with Crippen LogP contribution in [0.25, 0.3) is 0 Å². The zero-order valence-electron chi connectivity index (χ0n) is 17.8. The molecule has 1 aliphatic heterocycles. The molecule has 0 unspecified atom stereocenters. The van der Waals surface area contributed by atoms with E-state index in [9.17, 15) is 24.6 Å². The number of esters is 1. The average molecular weight is 395 g/mol. The van der Waals surface area contributed by atoms with Gasteiger partial charge in [-0.1, -0.05) is 51.5 Å². The van der Waals surface area contributed by atoms with E-state index in [2.05, 4.69) is 0 Å². The fourth-order valence-electron chi connectivity index (χ4n) is 3.25. The Bertz CT molecular complexity index is 645. The minimum atomic E-state index is -1.29. The first kappa shape index (κ1) is 24.2. The zero-order valence-corrected chi connectivity index (χ0v) is 17.8. The summed E-state index contributed by atoms with van der Waals surface area (Å²) in [6.07, 6.45) is 3.02. The van der Waals surface area contributed by atoms with Gasteiger partial charge in [0.05, 0.1) is 24.0 Å². The molecule has 1 aliphatic rings. The summed E-state index contributed by atoms with van der Waals surface area (Å²) in [5.74, 6) is -2.29. The van der Waals surface area contributed by atoms with E-state index < -0.39 is 42.0 Å². The molecule has 158 valence electrons. The number of cyclic esters (lactones) is 1. The lowest BCUT2D eigenvalue weighted by Gasteiger charge is -2.34. The van der Waals surface area contributed by atoms with Crippen LogP contribution in [-0.4, -0.2) is 46.1 Å². The number of ether oxygens (including phenoxy) is 1. The largest absolute Gasteiger partial charge is 0.454 e. The molecule has 0 saturated heterocycles. The summed E-state index contributed by atoms with van der Waals surface area (Å²) in [4.78, 5) is 37.0. The second kappa shape index (κ2) is 10.1. The number of rotatable bonds is 1. The van der Waals surface area contributed by atoms with Gasteiger partial charge in [0.2, 0.25) is 0 Å². The molecule has 6 heteroatoms. The summed E-state index contributed by atoms with van der Waals surface area (Å²) >= 11 is 0. The topological polar surface area (TPSA) is 101 Å². The Morgan fingerprint density at radius 1 is 1.21 bits per heavy atom. The molecule has 0 spiro atoms. The van der Waals surface area contributed by atoms with Crippen LogP contribution in [0.2, 0.25) is 0 Å². The highest BCUT2D eigenvalue weighted by Crippen LogP contribution is 2.31. The molecular weight excluding hydrogens is 360 g/mol. The maximum absolute atomic E-state index is 12.9. The van der Waals surface area contributed by atoms with E-state index in [1.807, 2.05) is 32.1 Å². The van der Waals surface area contributed by atoms with Gasteiger partial charge in [0, 0.05) is 18.3 Å². The van der Waals surface area contributed by atoms with Crippen molar-refractivity contribution in [1.29, 1.82) is 0 Å². The SMILES string of the molecule is CC(=O)[C@@H]1CC=C(C)C/C=C/[C@H](C)[C@H](O)[C@@H](C)C(=O)C(C)(C)[C@@H](O)CC(=O)O1. The number of carbonyl (C=O) groups is 3. The molecule has 0 amide bonds. The molecule has 6 nitrogen and oxygen atoms in total. The van der Waals surface area contributed by atoms with Gasteiger partial charge in [-0.2, -0.15) is 0 Å². The normalized spacial score (nSPS) is 34.3. The first-order chi connectivity index (χ1) is 12.9. The van der Waals surface area contributed by atoms with Crippen molar-refractivity contribution in [2.45, 2.75) is 79.1 Å². The van der Waals surface area contributed by atoms with Crippen LogP contribution in [-0.2, 0) is 19.1 Å². The van der Waals surface area contributed by atoms with Crippen molar-refractivity contribution in [3.8, 4) is 0 Å². The van der Waals surface area contributed by atoms with Crippen molar-refractivity contribution in [3.63, 3.8) is 0 Å². The number of allylic oxidation sites excluding steroid dienone is 2. The van der Waals surface area contributed by atoms with Crippen molar-refractivity contribution in [1.82, 2.24) is 0 Å². The molecule has 5 atom stereocenters. The Kier molecular flexibility index (Phi) is 8.76. The van der Waals surface area contributed by atoms with Gasteiger partial charge in [0.25, 0.3) is 0 Å². The van der Waals surface area contributed by atoms with Gasteiger partial charge in [-0.3, -0.25) is 14.4 Å². The number of hydrogen-bond acceptors (Lipinski definition) is 6. The Hall–Kier alpha value is -1.79. The molecular formula is C22H34O6. The minimum absolute atomic E-state index is 0.248. The first-order valence-corrected chi connectivity index (χ1v) is 9.80. The van der Waals surface area contributed by atoms with Crippen LogP contribution in [0.15, 0.2) is 23.8 Å². The third kappa shape index (κ3) is 6.38. The Morgan fingerprint density at radius 3 is 2.39 bits per heavy atom. The van der Waals surface area contributed by atoms with E-state index in [1.54, 1.807) is 20.8 Å². The number of Topliss-reactive ketones (excluding diaryl/α,β-unsaturated/α-hetero) is 2. The van der Waals surface area contributed by atoms with E-state index in [4.69, 9.17) is 4.74 Å². The van der Waals surface area contributed by atoms with Crippen molar-refractivity contribution in [2.75, 3.05) is 0 Å². The standard InChI is InChI=1S/C22H34O6/c1-13-8-7-9-14(2)20(26)15(3)21(27)22(5,6)18(24)12-19(25)28-17(11-10-13)16(4)23/h7,9-10,14-15,17-18,20,24,26H,8,11-12H2,1-6H3/b9-7+,13-10?/t14-,15+,17-,18-,20-/m0/s1. The highest BCUT2D eigenvalue weighted by Gasteiger charge is 2.42. The molecule has 0 fully saturated rings. The summed E-state index contributed by atoms with van der Waals surface area (Å²) in [6.45, 7) is 9.83. The number of carbonyl (C=O) groups excluding carboxylic acids is 3. The lowest BCUT2D eigenvalue weighted by molar-refractivity contribution is -0.159. The molecule has 28 heavy (non-hydrogen) atoms. The Labute approximate surface area is 167 Å². The summed E-state index contributed by atoms with van der Waals surface area (Å²) in [5.41, 5.74) is -0.250. The predicted molar refractivity (Wildman–Crippen MR) is 106 cm³/mol. The minimum Gasteiger partial charge on any atom is -0.454 e. The molecule has 0 bridgehead atoms. The van der Waals surface area contributed by atoms with Crippen molar-refractivity contribution >= 4 is 17.5 Å². The highest BCUT2D eigenvalue weighted by molar-refractivity contribution is 5.88. The van der Waals surface area contributed by atoms with Crippen LogP contribution in [0, 0.1) is 17.3 Å². The molecule has 0 saturated carbocycles. The Balaban J connectivity index is 3.21. The lowest BCUT2D eigenvalue weighted by Crippen LogP contribution is -2.45. The fraction of sp³-hybridized carbons (Fsp3) is 0.682. The van der Waals surface area contributed by atoms with E-state index in [0.717, 1.165) is 5.57 Å². The van der Waals surface area contributed by atoms with Crippen LogP contribution in [0.3, 0.4) is 0 Å². The predicted octanol–water partition coefficient (Wildman–Crippen LogP) is 2.76. The third-order valence-corrected chi connectivity index (χ3v) is 5.58. The second-order valence-electron chi connectivity index (χ2n) is 8.45. The monoisotopic (exact) mass is 394 g/mol. The van der Waals surface area contributed by atoms with Gasteiger partial charge in [0.15, 0.2) is 11.9 Å². The summed E-state index contributed by atoms with van der Waals surface area (Å²) in [7, 11) is 0. The highest BCUT2D eigenvalue weighted by atomic mass is 16.5. The summed E-state index contributed by atoms with van der Waals surface area (Å²) in [6, 6.07) is 0. The van der Waals surface area contributed by atoms with Crippen LogP contribution in [0.1, 0.15) is 60.8 Å². The number of hydrogen-bond donors (Lipinski definition) is 2. The van der Waals surface area contributed by atoms with E-state index in [-0.39, 0.29) is 23.9 Å². The molecule has 2 N–H and O–H groups in total. The average Bonchev–Trinajstić information content (AvgIpc) is 2.61. The molecule has 0 radical (unpaired) electrons. The molecule has 0 aromatic carbocycles. The maximum atomic E-state index is 12.9. The van der Waals surface area contributed by atoms with Crippen LogP contribution in [0.4, 0.5) is 0 Å². The molecule has 0 aromatic rings. The van der Waals surface area contributed by atoms with Crippen molar-refractivity contribution in [3.05, 3.63) is 23.8 Å². The van der Waals surface area contributed by atoms with E-state index in [0.29, 0.717) is 6.42 Å². The third-order valence-electron chi connectivity index (χ3n) is 5.58. The lowest BCUT2D eigenvalue weighted by atomic mass is 9.73. The molecule has 0 aromatic heterocycles. The smallest absolute Gasteiger partial charge is 0.309 e.